The van der Waals surface area contributed by atoms with Crippen molar-refractivity contribution in [2.75, 3.05) is 0 Å². The molecule has 0 aromatic heterocycles. The summed E-state index contributed by atoms with van der Waals surface area (Å²) in [5, 5.41) is 0. The molecule has 0 unspecified atom stereocenters. The minimum atomic E-state index is -1.03. The molecular weight excluding hydrogens is 186 g/mol. The molecule has 0 saturated carbocycles. The van der Waals surface area contributed by atoms with E-state index in [-0.39, 0.29) is 11.1 Å². The highest BCUT2D eigenvalue weighted by molar-refractivity contribution is 5.96. The molecule has 14 heavy (non-hydrogen) atoms. The van der Waals surface area contributed by atoms with Crippen LogP contribution in [0.15, 0.2) is 0 Å². The quantitative estimate of drug-likeness (QED) is 0.634. The highest BCUT2D eigenvalue weighted by Gasteiger charge is 2.20. The maximum Gasteiger partial charge on any atom is 0.170 e. The second-order valence-corrected chi connectivity index (χ2v) is 3.43. The first-order chi connectivity index (χ1) is 6.37. The molecule has 0 N–H and O–H groups in total. The smallest absolute Gasteiger partial charge is 0.170 e. The van der Waals surface area contributed by atoms with E-state index in [0.717, 1.165) is 0 Å². The molecule has 0 saturated heterocycles. The molecule has 1 nitrogen and oxygen atoms in total. The summed E-state index contributed by atoms with van der Waals surface area (Å²) >= 11 is 0. The zero-order chi connectivity index (χ0) is 11.0. The lowest BCUT2D eigenvalue weighted by Crippen LogP contribution is -2.08. The van der Waals surface area contributed by atoms with E-state index in [4.69, 9.17) is 0 Å². The van der Waals surface area contributed by atoms with Crippen LogP contribution >= 0.6 is 0 Å². The van der Waals surface area contributed by atoms with Crippen LogP contribution in [0.25, 0.3) is 0 Å². The largest absolute Gasteiger partial charge is 0.294 e. The van der Waals surface area contributed by atoms with Crippen LogP contribution in [0, 0.1) is 32.4 Å². The molecule has 0 aliphatic heterocycles. The summed E-state index contributed by atoms with van der Waals surface area (Å²) in [6.07, 6.45) is 0. The summed E-state index contributed by atoms with van der Waals surface area (Å²) < 4.78 is 26.6. The Morgan fingerprint density at radius 3 is 1.86 bits per heavy atom. The van der Waals surface area contributed by atoms with E-state index in [2.05, 4.69) is 0 Å². The second-order valence-electron chi connectivity index (χ2n) is 3.43. The molecule has 0 atom stereocenters. The van der Waals surface area contributed by atoms with Gasteiger partial charge in [0.1, 0.15) is 0 Å². The monoisotopic (exact) mass is 198 g/mol. The van der Waals surface area contributed by atoms with Crippen LogP contribution in [0.2, 0.25) is 0 Å². The summed E-state index contributed by atoms with van der Waals surface area (Å²) in [7, 11) is 0. The van der Waals surface area contributed by atoms with Gasteiger partial charge in [-0.15, -0.1) is 0 Å². The lowest BCUT2D eigenvalue weighted by atomic mass is 9.95. The Hall–Kier alpha value is -1.25. The van der Waals surface area contributed by atoms with Gasteiger partial charge in [0.25, 0.3) is 0 Å². The highest BCUT2D eigenvalue weighted by atomic mass is 19.2. The third kappa shape index (κ3) is 1.43. The van der Waals surface area contributed by atoms with Crippen LogP contribution in [0.1, 0.15) is 34.0 Å². The van der Waals surface area contributed by atoms with Gasteiger partial charge >= 0.3 is 0 Å². The lowest BCUT2D eigenvalue weighted by molar-refractivity contribution is 0.101. The molecule has 1 rings (SSSR count). The number of ketones is 1. The van der Waals surface area contributed by atoms with Gasteiger partial charge in [-0.2, -0.15) is 0 Å². The van der Waals surface area contributed by atoms with Gasteiger partial charge in [0, 0.05) is 0 Å². The van der Waals surface area contributed by atoms with Gasteiger partial charge in [-0.25, -0.2) is 8.78 Å². The summed E-state index contributed by atoms with van der Waals surface area (Å²) in [5.41, 5.74) is 1.29. The molecule has 0 bridgehead atoms. The Morgan fingerprint density at radius 2 is 1.43 bits per heavy atom. The molecule has 0 heterocycles. The van der Waals surface area contributed by atoms with Gasteiger partial charge in [-0.1, -0.05) is 0 Å². The van der Waals surface area contributed by atoms with E-state index in [1.165, 1.54) is 13.8 Å². The zero-order valence-electron chi connectivity index (χ0n) is 8.66. The topological polar surface area (TPSA) is 17.1 Å². The van der Waals surface area contributed by atoms with Crippen LogP contribution in [-0.2, 0) is 0 Å². The third-order valence-electron chi connectivity index (χ3n) is 2.59. The van der Waals surface area contributed by atoms with Crippen molar-refractivity contribution in [3.05, 3.63) is 33.9 Å². The maximum atomic E-state index is 13.4. The molecule has 3 heteroatoms. The number of benzene rings is 1. The molecule has 0 spiro atoms. The van der Waals surface area contributed by atoms with Crippen molar-refractivity contribution in [3.8, 4) is 0 Å². The Bertz CT molecular complexity index is 379. The Labute approximate surface area is 81.7 Å². The molecule has 0 fully saturated rings. The minimum absolute atomic E-state index is 0.134. The first-order valence-electron chi connectivity index (χ1n) is 4.33. The molecule has 0 aliphatic rings. The molecule has 1 aromatic rings. The van der Waals surface area contributed by atoms with E-state index >= 15 is 0 Å². The van der Waals surface area contributed by atoms with E-state index in [1.54, 1.807) is 13.8 Å². The standard InChI is InChI=1S/C11H12F2O/c1-5-6(2)9(8(4)14)11(13)10(12)7(5)3/h1-4H3. The predicted octanol–water partition coefficient (Wildman–Crippen LogP) is 3.09. The number of Topliss-reactive ketones (excluding diaryl/α,β-unsaturated/α-hetero) is 1. The summed E-state index contributed by atoms with van der Waals surface area (Å²) in [4.78, 5) is 11.1. The number of rotatable bonds is 1. The van der Waals surface area contributed by atoms with Crippen molar-refractivity contribution in [1.82, 2.24) is 0 Å². The van der Waals surface area contributed by atoms with Crippen molar-refractivity contribution in [1.29, 1.82) is 0 Å². The van der Waals surface area contributed by atoms with Crippen molar-refractivity contribution in [3.63, 3.8) is 0 Å². The summed E-state index contributed by atoms with van der Waals surface area (Å²) in [6.45, 7) is 6.05. The maximum absolute atomic E-state index is 13.4. The van der Waals surface area contributed by atoms with Crippen molar-refractivity contribution < 1.29 is 13.6 Å². The van der Waals surface area contributed by atoms with Gasteiger partial charge in [0.15, 0.2) is 17.4 Å². The van der Waals surface area contributed by atoms with Crippen molar-refractivity contribution >= 4 is 5.78 Å². The Kier molecular flexibility index (Phi) is 2.69. The van der Waals surface area contributed by atoms with Gasteiger partial charge in [-0.3, -0.25) is 4.79 Å². The van der Waals surface area contributed by atoms with Crippen LogP contribution < -0.4 is 0 Å². The fourth-order valence-corrected chi connectivity index (χ4v) is 1.49. The minimum Gasteiger partial charge on any atom is -0.294 e. The van der Waals surface area contributed by atoms with Crippen LogP contribution in [0.4, 0.5) is 8.78 Å². The first-order valence-corrected chi connectivity index (χ1v) is 4.33. The third-order valence-corrected chi connectivity index (χ3v) is 2.59. The fraction of sp³-hybridized carbons (Fsp3) is 0.364. The van der Waals surface area contributed by atoms with Crippen LogP contribution in [-0.4, -0.2) is 5.78 Å². The molecule has 0 aliphatic carbocycles. The fourth-order valence-electron chi connectivity index (χ4n) is 1.49. The number of carbonyl (C=O) groups is 1. The van der Waals surface area contributed by atoms with Gasteiger partial charge in [0.05, 0.1) is 5.56 Å². The second kappa shape index (κ2) is 3.48. The summed E-state index contributed by atoms with van der Waals surface area (Å²) in [6, 6.07) is 0. The molecular formula is C11H12F2O. The SMILES string of the molecule is CC(=O)c1c(C)c(C)c(C)c(F)c1F. The van der Waals surface area contributed by atoms with Crippen molar-refractivity contribution in [2.45, 2.75) is 27.7 Å². The van der Waals surface area contributed by atoms with E-state index in [0.29, 0.717) is 11.1 Å². The summed E-state index contributed by atoms with van der Waals surface area (Å²) in [5.74, 6) is -2.39. The number of carbonyl (C=O) groups excluding carboxylic acids is 1. The van der Waals surface area contributed by atoms with Gasteiger partial charge in [0.2, 0.25) is 0 Å². The number of hydrogen-bond donors (Lipinski definition) is 0. The molecule has 0 amide bonds. The Balaban J connectivity index is 3.68. The number of hydrogen-bond acceptors (Lipinski definition) is 1. The van der Waals surface area contributed by atoms with Crippen LogP contribution in [0.5, 0.6) is 0 Å². The van der Waals surface area contributed by atoms with Gasteiger partial charge < -0.3 is 0 Å². The average molecular weight is 198 g/mol. The average Bonchev–Trinajstić information content (AvgIpc) is 2.11. The predicted molar refractivity (Wildman–Crippen MR) is 50.6 cm³/mol. The van der Waals surface area contributed by atoms with E-state index < -0.39 is 17.4 Å². The number of halogens is 2. The van der Waals surface area contributed by atoms with E-state index in [1.807, 2.05) is 0 Å². The Morgan fingerprint density at radius 1 is 0.929 bits per heavy atom. The van der Waals surface area contributed by atoms with E-state index in [9.17, 15) is 13.6 Å². The van der Waals surface area contributed by atoms with Crippen molar-refractivity contribution in [2.24, 2.45) is 0 Å². The normalized spacial score (nSPS) is 10.4. The molecule has 1 aromatic carbocycles. The highest BCUT2D eigenvalue weighted by Crippen LogP contribution is 2.24. The molecule has 0 radical (unpaired) electrons. The lowest BCUT2D eigenvalue weighted by Gasteiger charge is -2.11. The zero-order valence-corrected chi connectivity index (χ0v) is 8.66. The first kappa shape index (κ1) is 10.8. The van der Waals surface area contributed by atoms with Crippen LogP contribution in [0.3, 0.4) is 0 Å². The molecule has 76 valence electrons. The van der Waals surface area contributed by atoms with Gasteiger partial charge in [-0.05, 0) is 44.4 Å².